The van der Waals surface area contributed by atoms with Gasteiger partial charge in [-0.2, -0.15) is 8.42 Å². The summed E-state index contributed by atoms with van der Waals surface area (Å²) in [5, 5.41) is 0. The van der Waals surface area contributed by atoms with Crippen LogP contribution in [0, 0.1) is 0 Å². The van der Waals surface area contributed by atoms with Gasteiger partial charge in [0.15, 0.2) is 0 Å². The molecule has 0 heterocycles. The van der Waals surface area contributed by atoms with Crippen LogP contribution in [0.3, 0.4) is 0 Å². The summed E-state index contributed by atoms with van der Waals surface area (Å²) >= 11 is 0. The normalized spacial score (nSPS) is 12.0. The van der Waals surface area contributed by atoms with Gasteiger partial charge in [-0.15, -0.1) is 0 Å². The molecule has 2 aromatic carbocycles. The molecule has 33 heavy (non-hydrogen) atoms. The highest BCUT2D eigenvalue weighted by Crippen LogP contribution is 2.26. The Labute approximate surface area is 201 Å². The first-order chi connectivity index (χ1) is 15.7. The Kier molecular flexibility index (Phi) is 11.3. The van der Waals surface area contributed by atoms with Crippen molar-refractivity contribution in [1.29, 1.82) is 0 Å². The fourth-order valence-corrected chi connectivity index (χ4v) is 5.04. The van der Waals surface area contributed by atoms with Gasteiger partial charge < -0.3 is 8.92 Å². The van der Waals surface area contributed by atoms with E-state index in [2.05, 4.69) is 6.92 Å². The third-order valence-electron chi connectivity index (χ3n) is 5.50. The van der Waals surface area contributed by atoms with Gasteiger partial charge in [0.1, 0.15) is 22.0 Å². The number of hydrogen-bond donors (Lipinski definition) is 0. The molecule has 0 saturated heterocycles. The van der Waals surface area contributed by atoms with E-state index >= 15 is 0 Å². The van der Waals surface area contributed by atoms with Crippen molar-refractivity contribution in [1.82, 2.24) is 0 Å². The SMILES string of the molecule is CCCCCCCCCCCCc1ccccc1S(=O)(=O)Oc1ccc(OC(C)(C)C)cc1. The first-order valence-electron chi connectivity index (χ1n) is 12.5. The predicted octanol–water partition coefficient (Wildman–Crippen LogP) is 8.10. The first-order valence-corrected chi connectivity index (χ1v) is 13.9. The van der Waals surface area contributed by atoms with E-state index in [4.69, 9.17) is 8.92 Å². The maximum absolute atomic E-state index is 13.0. The number of rotatable bonds is 15. The van der Waals surface area contributed by atoms with Crippen molar-refractivity contribution in [3.63, 3.8) is 0 Å². The van der Waals surface area contributed by atoms with Crippen molar-refractivity contribution >= 4 is 10.1 Å². The molecule has 2 rings (SSSR count). The van der Waals surface area contributed by atoms with Crippen LogP contribution in [-0.4, -0.2) is 14.0 Å². The molecule has 0 spiro atoms. The number of hydrogen-bond acceptors (Lipinski definition) is 4. The quantitative estimate of drug-likeness (QED) is 0.193. The summed E-state index contributed by atoms with van der Waals surface area (Å²) in [6, 6.07) is 13.9. The Hall–Kier alpha value is -2.01. The van der Waals surface area contributed by atoms with Crippen LogP contribution < -0.4 is 8.92 Å². The Balaban J connectivity index is 1.85. The minimum Gasteiger partial charge on any atom is -0.488 e. The van der Waals surface area contributed by atoms with Crippen LogP contribution in [0.1, 0.15) is 97.5 Å². The van der Waals surface area contributed by atoms with Gasteiger partial charge in [0, 0.05) is 0 Å². The smallest absolute Gasteiger partial charge is 0.339 e. The molecule has 184 valence electrons. The summed E-state index contributed by atoms with van der Waals surface area (Å²) in [7, 11) is -3.90. The molecule has 0 fully saturated rings. The van der Waals surface area contributed by atoms with Crippen molar-refractivity contribution in [2.75, 3.05) is 0 Å². The van der Waals surface area contributed by atoms with E-state index in [1.165, 1.54) is 51.4 Å². The molecule has 0 aliphatic heterocycles. The lowest BCUT2D eigenvalue weighted by atomic mass is 10.0. The lowest BCUT2D eigenvalue weighted by molar-refractivity contribution is 0.131. The highest BCUT2D eigenvalue weighted by Gasteiger charge is 2.20. The van der Waals surface area contributed by atoms with Gasteiger partial charge in [0.25, 0.3) is 0 Å². The molecular formula is C28H42O4S. The second kappa shape index (κ2) is 13.6. The van der Waals surface area contributed by atoms with Crippen molar-refractivity contribution in [2.24, 2.45) is 0 Å². The lowest BCUT2D eigenvalue weighted by Gasteiger charge is -2.21. The van der Waals surface area contributed by atoms with Crippen molar-refractivity contribution < 1.29 is 17.3 Å². The van der Waals surface area contributed by atoms with Crippen LogP contribution in [-0.2, 0) is 16.5 Å². The number of unbranched alkanes of at least 4 members (excludes halogenated alkanes) is 9. The Bertz CT molecular complexity index is 912. The topological polar surface area (TPSA) is 52.6 Å². The molecule has 0 bridgehead atoms. The molecule has 5 heteroatoms. The molecule has 0 amide bonds. The number of ether oxygens (including phenoxy) is 1. The van der Waals surface area contributed by atoms with Crippen LogP contribution in [0.15, 0.2) is 53.4 Å². The minimum atomic E-state index is -3.90. The summed E-state index contributed by atoms with van der Waals surface area (Å²) in [5.74, 6) is 0.957. The molecule has 2 aromatic rings. The average molecular weight is 475 g/mol. The third-order valence-corrected chi connectivity index (χ3v) is 6.84. The second-order valence-electron chi connectivity index (χ2n) is 9.76. The van der Waals surface area contributed by atoms with Crippen LogP contribution in [0.5, 0.6) is 11.5 Å². The number of benzene rings is 2. The molecule has 0 aromatic heterocycles. The number of aryl methyl sites for hydroxylation is 1. The Morgan fingerprint density at radius 2 is 1.21 bits per heavy atom. The van der Waals surface area contributed by atoms with E-state index in [0.29, 0.717) is 5.75 Å². The average Bonchev–Trinajstić information content (AvgIpc) is 2.75. The molecule has 0 unspecified atom stereocenters. The van der Waals surface area contributed by atoms with Crippen molar-refractivity contribution in [3.8, 4) is 11.5 Å². The maximum atomic E-state index is 13.0. The van der Waals surface area contributed by atoms with Gasteiger partial charge in [-0.05, 0) is 69.5 Å². The van der Waals surface area contributed by atoms with Crippen LogP contribution >= 0.6 is 0 Å². The van der Waals surface area contributed by atoms with E-state index in [0.717, 1.165) is 24.8 Å². The maximum Gasteiger partial charge on any atom is 0.339 e. The molecule has 0 atom stereocenters. The van der Waals surface area contributed by atoms with Gasteiger partial charge >= 0.3 is 10.1 Å². The Morgan fingerprint density at radius 3 is 1.79 bits per heavy atom. The molecule has 0 aliphatic carbocycles. The zero-order valence-corrected chi connectivity index (χ0v) is 21.8. The van der Waals surface area contributed by atoms with Gasteiger partial charge in [0.05, 0.1) is 0 Å². The largest absolute Gasteiger partial charge is 0.488 e. The highest BCUT2D eigenvalue weighted by molar-refractivity contribution is 7.87. The first kappa shape index (κ1) is 27.2. The van der Waals surface area contributed by atoms with Crippen molar-refractivity contribution in [2.45, 2.75) is 109 Å². The fraction of sp³-hybridized carbons (Fsp3) is 0.571. The van der Waals surface area contributed by atoms with E-state index in [9.17, 15) is 8.42 Å². The van der Waals surface area contributed by atoms with Crippen LogP contribution in [0.25, 0.3) is 0 Å². The van der Waals surface area contributed by atoms with Gasteiger partial charge in [-0.3, -0.25) is 0 Å². The zero-order valence-electron chi connectivity index (χ0n) is 20.9. The lowest BCUT2D eigenvalue weighted by Crippen LogP contribution is -2.22. The van der Waals surface area contributed by atoms with Crippen LogP contribution in [0.4, 0.5) is 0 Å². The summed E-state index contributed by atoms with van der Waals surface area (Å²) in [4.78, 5) is 0.260. The summed E-state index contributed by atoms with van der Waals surface area (Å²) in [5.41, 5.74) is 0.506. The van der Waals surface area contributed by atoms with E-state index < -0.39 is 10.1 Å². The minimum absolute atomic E-state index is 0.260. The molecule has 0 N–H and O–H groups in total. The standard InChI is InChI=1S/C28H42O4S/c1-5-6-7-8-9-10-11-12-13-14-17-24-18-15-16-19-27(24)33(29,30)32-26-22-20-25(21-23-26)31-28(2,3)4/h15-16,18-23H,5-14,17H2,1-4H3. The molecular weight excluding hydrogens is 432 g/mol. The predicted molar refractivity (Wildman–Crippen MR) is 137 cm³/mol. The van der Waals surface area contributed by atoms with Crippen LogP contribution in [0.2, 0.25) is 0 Å². The van der Waals surface area contributed by atoms with Gasteiger partial charge in [-0.25, -0.2) is 0 Å². The summed E-state index contributed by atoms with van der Waals surface area (Å²) < 4.78 is 37.1. The summed E-state index contributed by atoms with van der Waals surface area (Å²) in [6.07, 6.45) is 13.3. The van der Waals surface area contributed by atoms with E-state index in [-0.39, 0.29) is 16.2 Å². The van der Waals surface area contributed by atoms with Gasteiger partial charge in [-0.1, -0.05) is 82.9 Å². The second-order valence-corrected chi connectivity index (χ2v) is 11.3. The monoisotopic (exact) mass is 474 g/mol. The molecule has 0 saturated carbocycles. The third kappa shape index (κ3) is 10.6. The Morgan fingerprint density at radius 1 is 0.697 bits per heavy atom. The highest BCUT2D eigenvalue weighted by atomic mass is 32.2. The molecule has 4 nitrogen and oxygen atoms in total. The van der Waals surface area contributed by atoms with Crippen molar-refractivity contribution in [3.05, 3.63) is 54.1 Å². The summed E-state index contributed by atoms with van der Waals surface area (Å²) in [6.45, 7) is 8.14. The zero-order chi connectivity index (χ0) is 24.2. The molecule has 0 aliphatic rings. The van der Waals surface area contributed by atoms with Gasteiger partial charge in [0.2, 0.25) is 0 Å². The fourth-order valence-electron chi connectivity index (χ4n) is 3.85. The van der Waals surface area contributed by atoms with E-state index in [1.807, 2.05) is 32.9 Å². The van der Waals surface area contributed by atoms with E-state index in [1.54, 1.807) is 36.4 Å². The molecule has 0 radical (unpaired) electrons.